The van der Waals surface area contributed by atoms with Gasteiger partial charge in [-0.1, -0.05) is 23.8 Å². The van der Waals surface area contributed by atoms with Crippen molar-refractivity contribution in [3.8, 4) is 0 Å². The number of rotatable bonds is 7. The van der Waals surface area contributed by atoms with E-state index in [0.29, 0.717) is 18.7 Å². The number of hydrogen-bond acceptors (Lipinski definition) is 4. The highest BCUT2D eigenvalue weighted by atomic mass is 16.5. The Bertz CT molecular complexity index is 466. The summed E-state index contributed by atoms with van der Waals surface area (Å²) in [6.07, 6.45) is 3.55. The topological polar surface area (TPSA) is 55.4 Å². The summed E-state index contributed by atoms with van der Waals surface area (Å²) in [5.41, 5.74) is 2.75. The summed E-state index contributed by atoms with van der Waals surface area (Å²) in [5.74, 6) is -0.403. The lowest BCUT2D eigenvalue weighted by Gasteiger charge is -2.11. The molecule has 0 heterocycles. The van der Waals surface area contributed by atoms with E-state index in [1.54, 1.807) is 0 Å². The maximum atomic E-state index is 11.4. The zero-order valence-electron chi connectivity index (χ0n) is 11.3. The number of aryl methyl sites for hydroxylation is 1. The number of hydrogen-bond donors (Lipinski definition) is 1. The fourth-order valence-corrected chi connectivity index (χ4v) is 1.63. The lowest BCUT2D eigenvalue weighted by atomic mass is 10.1. The molecule has 0 bridgehead atoms. The second-order valence-electron chi connectivity index (χ2n) is 4.19. The molecule has 0 unspecified atom stereocenters. The van der Waals surface area contributed by atoms with Crippen LogP contribution in [0.15, 0.2) is 30.3 Å². The van der Waals surface area contributed by atoms with Gasteiger partial charge in [0.05, 0.1) is 7.11 Å². The Morgan fingerprint density at radius 1 is 1.42 bits per heavy atom. The number of unbranched alkanes of at least 4 members (excludes halogenated alkanes) is 1. The Morgan fingerprint density at radius 3 is 2.84 bits per heavy atom. The Morgan fingerprint density at radius 2 is 2.21 bits per heavy atom. The van der Waals surface area contributed by atoms with Crippen LogP contribution in [-0.4, -0.2) is 25.9 Å². The van der Waals surface area contributed by atoms with Gasteiger partial charge in [-0.15, -0.1) is 0 Å². The molecule has 0 spiro atoms. The highest BCUT2D eigenvalue weighted by Crippen LogP contribution is 2.13. The Hall–Kier alpha value is -2.10. The van der Waals surface area contributed by atoms with Gasteiger partial charge >= 0.3 is 5.97 Å². The SMILES string of the molecule is COC(=O)/C=C(\NCCCC=O)c1cccc(C)c1. The fraction of sp³-hybridized carbons (Fsp3) is 0.333. The molecule has 1 N–H and O–H groups in total. The first kappa shape index (κ1) is 15.0. The van der Waals surface area contributed by atoms with Crippen molar-refractivity contribution in [2.24, 2.45) is 0 Å². The van der Waals surface area contributed by atoms with Crippen LogP contribution in [0.25, 0.3) is 5.70 Å². The van der Waals surface area contributed by atoms with Gasteiger partial charge in [0.15, 0.2) is 0 Å². The lowest BCUT2D eigenvalue weighted by molar-refractivity contribution is -0.134. The molecule has 19 heavy (non-hydrogen) atoms. The van der Waals surface area contributed by atoms with E-state index < -0.39 is 5.97 Å². The minimum absolute atomic E-state index is 0.403. The van der Waals surface area contributed by atoms with Gasteiger partial charge in [-0.3, -0.25) is 0 Å². The van der Waals surface area contributed by atoms with E-state index in [4.69, 9.17) is 0 Å². The highest BCUT2D eigenvalue weighted by molar-refractivity contribution is 5.90. The van der Waals surface area contributed by atoms with Crippen molar-refractivity contribution >= 4 is 18.0 Å². The number of nitrogens with one attached hydrogen (secondary N) is 1. The highest BCUT2D eigenvalue weighted by Gasteiger charge is 2.05. The van der Waals surface area contributed by atoms with E-state index in [-0.39, 0.29) is 0 Å². The van der Waals surface area contributed by atoms with Crippen LogP contribution in [0.3, 0.4) is 0 Å². The molecule has 1 aromatic rings. The third kappa shape index (κ3) is 5.38. The van der Waals surface area contributed by atoms with Gasteiger partial charge in [0.25, 0.3) is 0 Å². The molecule has 4 nitrogen and oxygen atoms in total. The first-order chi connectivity index (χ1) is 9.17. The minimum atomic E-state index is -0.403. The lowest BCUT2D eigenvalue weighted by Crippen LogP contribution is -2.15. The second kappa shape index (κ2) is 8.08. The van der Waals surface area contributed by atoms with Crippen LogP contribution in [0.4, 0.5) is 0 Å². The molecule has 0 aliphatic carbocycles. The van der Waals surface area contributed by atoms with E-state index in [1.165, 1.54) is 13.2 Å². The smallest absolute Gasteiger partial charge is 0.332 e. The first-order valence-electron chi connectivity index (χ1n) is 6.21. The number of carbonyl (C=O) groups is 2. The van der Waals surface area contributed by atoms with Crippen LogP contribution in [0.2, 0.25) is 0 Å². The summed E-state index contributed by atoms with van der Waals surface area (Å²) in [4.78, 5) is 21.6. The molecule has 0 aromatic heterocycles. The molecule has 1 rings (SSSR count). The molecular formula is C15H19NO3. The quantitative estimate of drug-likeness (QED) is 0.353. The van der Waals surface area contributed by atoms with E-state index in [1.807, 2.05) is 31.2 Å². The molecule has 0 saturated heterocycles. The molecule has 0 amide bonds. The number of aldehydes is 1. The van der Waals surface area contributed by atoms with Gasteiger partial charge in [-0.25, -0.2) is 4.79 Å². The van der Waals surface area contributed by atoms with Crippen LogP contribution < -0.4 is 5.32 Å². The molecule has 1 aromatic carbocycles. The van der Waals surface area contributed by atoms with Crippen LogP contribution in [0, 0.1) is 6.92 Å². The Kier molecular flexibility index (Phi) is 6.36. The number of esters is 1. The van der Waals surface area contributed by atoms with Crippen molar-refractivity contribution in [1.29, 1.82) is 0 Å². The van der Waals surface area contributed by atoms with Gasteiger partial charge < -0.3 is 14.8 Å². The molecule has 102 valence electrons. The van der Waals surface area contributed by atoms with Crippen molar-refractivity contribution in [2.75, 3.05) is 13.7 Å². The molecule has 0 fully saturated rings. The van der Waals surface area contributed by atoms with Crippen molar-refractivity contribution < 1.29 is 14.3 Å². The summed E-state index contributed by atoms with van der Waals surface area (Å²) >= 11 is 0. The fourth-order valence-electron chi connectivity index (χ4n) is 1.63. The van der Waals surface area contributed by atoms with Crippen molar-refractivity contribution in [3.63, 3.8) is 0 Å². The van der Waals surface area contributed by atoms with E-state index in [9.17, 15) is 9.59 Å². The molecule has 0 aliphatic heterocycles. The average molecular weight is 261 g/mol. The Balaban J connectivity index is 2.83. The van der Waals surface area contributed by atoms with E-state index in [0.717, 1.165) is 23.8 Å². The van der Waals surface area contributed by atoms with Gasteiger partial charge in [0, 0.05) is 24.7 Å². The van der Waals surface area contributed by atoms with Gasteiger partial charge in [0.2, 0.25) is 0 Å². The van der Waals surface area contributed by atoms with E-state index >= 15 is 0 Å². The summed E-state index contributed by atoms with van der Waals surface area (Å²) in [7, 11) is 1.35. The predicted molar refractivity (Wildman–Crippen MR) is 74.5 cm³/mol. The van der Waals surface area contributed by atoms with Gasteiger partial charge in [-0.2, -0.15) is 0 Å². The van der Waals surface area contributed by atoms with Crippen molar-refractivity contribution in [3.05, 3.63) is 41.5 Å². The van der Waals surface area contributed by atoms with Crippen LogP contribution >= 0.6 is 0 Å². The molecule has 4 heteroatoms. The Labute approximate surface area is 113 Å². The van der Waals surface area contributed by atoms with Gasteiger partial charge in [-0.05, 0) is 25.0 Å². The summed E-state index contributed by atoms with van der Waals surface area (Å²) < 4.78 is 4.65. The standard InChI is InChI=1S/C15H19NO3/c1-12-6-5-7-13(10-12)14(11-15(18)19-2)16-8-3-4-9-17/h5-7,9-11,16H,3-4,8H2,1-2H3/b14-11-. The molecule has 0 aliphatic rings. The monoisotopic (exact) mass is 261 g/mol. The third-order valence-corrected chi connectivity index (χ3v) is 2.61. The van der Waals surface area contributed by atoms with Crippen molar-refractivity contribution in [2.45, 2.75) is 19.8 Å². The normalized spacial score (nSPS) is 10.9. The van der Waals surface area contributed by atoms with Crippen LogP contribution in [0.1, 0.15) is 24.0 Å². The number of benzene rings is 1. The number of ether oxygens (including phenoxy) is 1. The minimum Gasteiger partial charge on any atom is -0.466 e. The molecule has 0 radical (unpaired) electrons. The third-order valence-electron chi connectivity index (χ3n) is 2.61. The molecule has 0 saturated carbocycles. The zero-order valence-corrected chi connectivity index (χ0v) is 11.3. The van der Waals surface area contributed by atoms with Crippen LogP contribution in [0.5, 0.6) is 0 Å². The maximum absolute atomic E-state index is 11.4. The number of carbonyl (C=O) groups excluding carboxylic acids is 2. The zero-order chi connectivity index (χ0) is 14.1. The van der Waals surface area contributed by atoms with Gasteiger partial charge in [0.1, 0.15) is 6.29 Å². The van der Waals surface area contributed by atoms with Crippen molar-refractivity contribution in [1.82, 2.24) is 5.32 Å². The summed E-state index contributed by atoms with van der Waals surface area (Å²) in [5, 5.41) is 3.16. The molecule has 0 atom stereocenters. The maximum Gasteiger partial charge on any atom is 0.332 e. The summed E-state index contributed by atoms with van der Waals surface area (Å²) in [6, 6.07) is 7.84. The van der Waals surface area contributed by atoms with Crippen LogP contribution in [-0.2, 0) is 14.3 Å². The largest absolute Gasteiger partial charge is 0.466 e. The average Bonchev–Trinajstić information content (AvgIpc) is 2.42. The van der Waals surface area contributed by atoms with E-state index in [2.05, 4.69) is 10.1 Å². The molecular weight excluding hydrogens is 242 g/mol. The summed E-state index contributed by atoms with van der Waals surface area (Å²) in [6.45, 7) is 2.63. The predicted octanol–water partition coefficient (Wildman–Crippen LogP) is 2.08. The second-order valence-corrected chi connectivity index (χ2v) is 4.19. The first-order valence-corrected chi connectivity index (χ1v) is 6.21. The number of methoxy groups -OCH3 is 1.